The van der Waals surface area contributed by atoms with Crippen LogP contribution in [-0.2, 0) is 0 Å². The Bertz CT molecular complexity index is 266. The van der Waals surface area contributed by atoms with Crippen LogP contribution in [0.2, 0.25) is 0 Å². The zero-order chi connectivity index (χ0) is 14.8. The van der Waals surface area contributed by atoms with Crippen molar-refractivity contribution in [2.24, 2.45) is 11.8 Å². The van der Waals surface area contributed by atoms with E-state index in [0.717, 1.165) is 38.4 Å². The fourth-order valence-corrected chi connectivity index (χ4v) is 3.13. The van der Waals surface area contributed by atoms with Gasteiger partial charge < -0.3 is 20.4 Å². The Kier molecular flexibility index (Phi) is 8.62. The van der Waals surface area contributed by atoms with E-state index in [-0.39, 0.29) is 6.61 Å². The maximum absolute atomic E-state index is 10.5. The Balaban J connectivity index is 2.08. The van der Waals surface area contributed by atoms with E-state index in [1.165, 1.54) is 25.7 Å². The van der Waals surface area contributed by atoms with Gasteiger partial charge in [-0.1, -0.05) is 19.8 Å². The molecule has 0 aromatic carbocycles. The predicted octanol–water partition coefficient (Wildman–Crippen LogP) is 2.15. The van der Waals surface area contributed by atoms with Gasteiger partial charge in [0.05, 0.1) is 6.61 Å². The summed E-state index contributed by atoms with van der Waals surface area (Å²) in [5.74, 6) is 1.34. The Labute approximate surface area is 122 Å². The van der Waals surface area contributed by atoms with Crippen molar-refractivity contribution < 1.29 is 15.0 Å². The third-order valence-electron chi connectivity index (χ3n) is 4.46. The zero-order valence-electron chi connectivity index (χ0n) is 12.7. The van der Waals surface area contributed by atoms with Gasteiger partial charge in [0.25, 0.3) is 0 Å². The number of aliphatic hydroxyl groups excluding tert-OH is 1. The summed E-state index contributed by atoms with van der Waals surface area (Å²) >= 11 is 0. The molecule has 1 saturated carbocycles. The van der Waals surface area contributed by atoms with Gasteiger partial charge in [0.1, 0.15) is 0 Å². The summed E-state index contributed by atoms with van der Waals surface area (Å²) in [5, 5.41) is 20.0. The van der Waals surface area contributed by atoms with E-state index in [4.69, 9.17) is 10.2 Å². The van der Waals surface area contributed by atoms with Crippen LogP contribution >= 0.6 is 0 Å². The molecule has 1 amide bonds. The molecular formula is C15H30N2O3. The highest BCUT2D eigenvalue weighted by Gasteiger charge is 2.21. The minimum Gasteiger partial charge on any atom is -0.465 e. The van der Waals surface area contributed by atoms with E-state index in [9.17, 15) is 4.79 Å². The minimum atomic E-state index is -0.907. The Morgan fingerprint density at radius 1 is 1.20 bits per heavy atom. The second kappa shape index (κ2) is 10.00. The highest BCUT2D eigenvalue weighted by atomic mass is 16.4. The summed E-state index contributed by atoms with van der Waals surface area (Å²) in [6.07, 6.45) is 6.34. The number of carbonyl (C=O) groups is 1. The Morgan fingerprint density at radius 3 is 2.40 bits per heavy atom. The molecule has 118 valence electrons. The first kappa shape index (κ1) is 17.2. The van der Waals surface area contributed by atoms with Gasteiger partial charge in [-0.2, -0.15) is 0 Å². The highest BCUT2D eigenvalue weighted by molar-refractivity contribution is 5.64. The van der Waals surface area contributed by atoms with Gasteiger partial charge in [-0.3, -0.25) is 0 Å². The number of nitrogens with one attached hydrogen (secondary N) is 1. The van der Waals surface area contributed by atoms with Crippen LogP contribution in [0.1, 0.15) is 45.4 Å². The number of amides is 1. The second-order valence-corrected chi connectivity index (χ2v) is 5.87. The van der Waals surface area contributed by atoms with Crippen molar-refractivity contribution in [1.82, 2.24) is 10.2 Å². The topological polar surface area (TPSA) is 72.8 Å². The lowest BCUT2D eigenvalue weighted by Crippen LogP contribution is -2.30. The predicted molar refractivity (Wildman–Crippen MR) is 79.9 cm³/mol. The standard InChI is InChI=1S/C15H30N2O3/c1-2-17(10-11-18)9-3-4-13-5-7-14(8-6-13)12-16-15(19)20/h13-14,16,18H,2-12H2,1H3,(H,19,20). The largest absolute Gasteiger partial charge is 0.465 e. The molecule has 0 radical (unpaired) electrons. The molecule has 0 aromatic rings. The smallest absolute Gasteiger partial charge is 0.404 e. The van der Waals surface area contributed by atoms with Crippen LogP contribution in [0.25, 0.3) is 0 Å². The summed E-state index contributed by atoms with van der Waals surface area (Å²) in [4.78, 5) is 12.8. The van der Waals surface area contributed by atoms with Gasteiger partial charge in [-0.25, -0.2) is 4.79 Å². The molecule has 0 heterocycles. The van der Waals surface area contributed by atoms with Crippen LogP contribution in [0.15, 0.2) is 0 Å². The van der Waals surface area contributed by atoms with Gasteiger partial charge in [0.2, 0.25) is 0 Å². The first-order valence-electron chi connectivity index (χ1n) is 7.95. The monoisotopic (exact) mass is 286 g/mol. The lowest BCUT2D eigenvalue weighted by Gasteiger charge is -2.29. The average molecular weight is 286 g/mol. The molecular weight excluding hydrogens is 256 g/mol. The van der Waals surface area contributed by atoms with Crippen molar-refractivity contribution in [2.45, 2.75) is 45.4 Å². The molecule has 0 atom stereocenters. The van der Waals surface area contributed by atoms with Crippen molar-refractivity contribution in [1.29, 1.82) is 0 Å². The molecule has 1 aliphatic rings. The molecule has 5 nitrogen and oxygen atoms in total. The van der Waals surface area contributed by atoms with E-state index in [1.807, 2.05) is 0 Å². The van der Waals surface area contributed by atoms with Crippen molar-refractivity contribution in [3.05, 3.63) is 0 Å². The number of likely N-dealkylation sites (N-methyl/N-ethyl adjacent to an activating group) is 1. The SMILES string of the molecule is CCN(CCO)CCCC1CCC(CNC(=O)O)CC1. The molecule has 0 spiro atoms. The van der Waals surface area contributed by atoms with Gasteiger partial charge in [-0.15, -0.1) is 0 Å². The maximum Gasteiger partial charge on any atom is 0.404 e. The molecule has 1 aliphatic carbocycles. The molecule has 5 heteroatoms. The zero-order valence-corrected chi connectivity index (χ0v) is 12.7. The summed E-state index contributed by atoms with van der Waals surface area (Å²) in [6.45, 7) is 5.86. The quantitative estimate of drug-likeness (QED) is 0.607. The van der Waals surface area contributed by atoms with Crippen molar-refractivity contribution in [3.8, 4) is 0 Å². The van der Waals surface area contributed by atoms with E-state index in [2.05, 4.69) is 17.1 Å². The van der Waals surface area contributed by atoms with Crippen LogP contribution in [0.3, 0.4) is 0 Å². The molecule has 0 aliphatic heterocycles. The van der Waals surface area contributed by atoms with Crippen LogP contribution < -0.4 is 5.32 Å². The highest BCUT2D eigenvalue weighted by Crippen LogP contribution is 2.31. The number of nitrogens with zero attached hydrogens (tertiary/aromatic N) is 1. The van der Waals surface area contributed by atoms with Gasteiger partial charge in [0.15, 0.2) is 0 Å². The number of hydrogen-bond donors (Lipinski definition) is 3. The minimum absolute atomic E-state index is 0.246. The first-order valence-corrected chi connectivity index (χ1v) is 7.95. The lowest BCUT2D eigenvalue weighted by atomic mass is 9.80. The number of hydrogen-bond acceptors (Lipinski definition) is 3. The third kappa shape index (κ3) is 7.10. The van der Waals surface area contributed by atoms with Crippen molar-refractivity contribution in [2.75, 3.05) is 32.8 Å². The molecule has 3 N–H and O–H groups in total. The number of aliphatic hydroxyl groups is 1. The normalized spacial score (nSPS) is 22.9. The Hall–Kier alpha value is -0.810. The maximum atomic E-state index is 10.5. The van der Waals surface area contributed by atoms with Crippen molar-refractivity contribution >= 4 is 6.09 Å². The summed E-state index contributed by atoms with van der Waals surface area (Å²) in [7, 11) is 0. The summed E-state index contributed by atoms with van der Waals surface area (Å²) in [6, 6.07) is 0. The van der Waals surface area contributed by atoms with Crippen molar-refractivity contribution in [3.63, 3.8) is 0 Å². The fraction of sp³-hybridized carbons (Fsp3) is 0.933. The van der Waals surface area contributed by atoms with Gasteiger partial charge in [-0.05, 0) is 50.6 Å². The Morgan fingerprint density at radius 2 is 1.85 bits per heavy atom. The first-order chi connectivity index (χ1) is 9.65. The van der Waals surface area contributed by atoms with E-state index < -0.39 is 6.09 Å². The second-order valence-electron chi connectivity index (χ2n) is 5.87. The molecule has 20 heavy (non-hydrogen) atoms. The van der Waals surface area contributed by atoms with Crippen LogP contribution in [0.5, 0.6) is 0 Å². The van der Waals surface area contributed by atoms with E-state index >= 15 is 0 Å². The molecule has 0 unspecified atom stereocenters. The summed E-state index contributed by atoms with van der Waals surface area (Å²) < 4.78 is 0. The third-order valence-corrected chi connectivity index (χ3v) is 4.46. The number of rotatable bonds is 9. The number of carboxylic acid groups (broad SMARTS) is 1. The van der Waals surface area contributed by atoms with Crippen LogP contribution in [0, 0.1) is 11.8 Å². The summed E-state index contributed by atoms with van der Waals surface area (Å²) in [5.41, 5.74) is 0. The molecule has 0 saturated heterocycles. The van der Waals surface area contributed by atoms with Crippen LogP contribution in [0.4, 0.5) is 4.79 Å². The van der Waals surface area contributed by atoms with Crippen LogP contribution in [-0.4, -0.2) is 54.0 Å². The van der Waals surface area contributed by atoms with E-state index in [0.29, 0.717) is 12.5 Å². The van der Waals surface area contributed by atoms with Gasteiger partial charge in [0, 0.05) is 13.1 Å². The average Bonchev–Trinajstić information content (AvgIpc) is 2.45. The lowest BCUT2D eigenvalue weighted by molar-refractivity contribution is 0.183. The molecule has 0 aromatic heterocycles. The molecule has 1 fully saturated rings. The van der Waals surface area contributed by atoms with Gasteiger partial charge >= 0.3 is 6.09 Å². The fourth-order valence-electron chi connectivity index (χ4n) is 3.13. The van der Waals surface area contributed by atoms with E-state index in [1.54, 1.807) is 0 Å². The molecule has 1 rings (SSSR count). The molecule has 0 bridgehead atoms.